The van der Waals surface area contributed by atoms with Crippen molar-refractivity contribution in [3.63, 3.8) is 0 Å². The molecule has 47 heavy (non-hydrogen) atoms. The van der Waals surface area contributed by atoms with E-state index in [1.165, 1.54) is 13.3 Å². The second-order valence-corrected chi connectivity index (χ2v) is 12.0. The van der Waals surface area contributed by atoms with Gasteiger partial charge >= 0.3 is 5.97 Å². The lowest BCUT2D eigenvalue weighted by Gasteiger charge is -2.20. The highest BCUT2D eigenvalue weighted by atomic mass is 35.5. The van der Waals surface area contributed by atoms with Crippen molar-refractivity contribution in [1.82, 2.24) is 20.6 Å². The van der Waals surface area contributed by atoms with E-state index in [0.717, 1.165) is 5.56 Å². The quantitative estimate of drug-likeness (QED) is 0.0935. The Morgan fingerprint density at radius 3 is 2.36 bits per heavy atom. The molecule has 0 fully saturated rings. The molecule has 0 unspecified atom stereocenters. The zero-order valence-electron chi connectivity index (χ0n) is 25.9. The fourth-order valence-electron chi connectivity index (χ4n) is 4.31. The lowest BCUT2D eigenvalue weighted by Crippen LogP contribution is -2.46. The van der Waals surface area contributed by atoms with Crippen molar-refractivity contribution in [2.75, 3.05) is 25.6 Å². The van der Waals surface area contributed by atoms with Crippen molar-refractivity contribution in [2.24, 2.45) is 0 Å². The summed E-state index contributed by atoms with van der Waals surface area (Å²) in [6.07, 6.45) is 1.51. The van der Waals surface area contributed by atoms with Crippen molar-refractivity contribution in [3.05, 3.63) is 98.4 Å². The molecular weight excluding hydrogens is 669 g/mol. The number of benzene rings is 2. The minimum Gasteiger partial charge on any atom is -0.486 e. The Morgan fingerprint density at radius 1 is 0.979 bits per heavy atom. The van der Waals surface area contributed by atoms with Gasteiger partial charge in [-0.3, -0.25) is 19.9 Å². The average Bonchev–Trinajstić information content (AvgIpc) is 3.05. The molecule has 11 nitrogen and oxygen atoms in total. The van der Waals surface area contributed by atoms with Crippen LogP contribution in [0.5, 0.6) is 11.6 Å². The van der Waals surface area contributed by atoms with Gasteiger partial charge in [-0.15, -0.1) is 0 Å². The smallest absolute Gasteiger partial charge is 0.323 e. The van der Waals surface area contributed by atoms with E-state index in [-0.39, 0.29) is 30.5 Å². The van der Waals surface area contributed by atoms with Crippen molar-refractivity contribution in [2.45, 2.75) is 39.1 Å². The zero-order valence-corrected chi connectivity index (χ0v) is 28.1. The van der Waals surface area contributed by atoms with Gasteiger partial charge in [0.1, 0.15) is 29.3 Å². The molecule has 0 aliphatic rings. The fourth-order valence-corrected chi connectivity index (χ4v) is 5.10. The number of anilines is 1. The summed E-state index contributed by atoms with van der Waals surface area (Å²) in [7, 11) is 1.51. The van der Waals surface area contributed by atoms with Crippen LogP contribution in [0.1, 0.15) is 41.2 Å². The van der Waals surface area contributed by atoms with Crippen molar-refractivity contribution in [1.29, 1.82) is 0 Å². The summed E-state index contributed by atoms with van der Waals surface area (Å²) in [5, 5.41) is 28.0. The molecule has 0 bridgehead atoms. The maximum atomic E-state index is 13.0. The van der Waals surface area contributed by atoms with Crippen LogP contribution in [-0.4, -0.2) is 57.9 Å². The molecule has 14 heteroatoms. The summed E-state index contributed by atoms with van der Waals surface area (Å²) in [4.78, 5) is 33.1. The molecule has 5 N–H and O–H groups in total. The highest BCUT2D eigenvalue weighted by molar-refractivity contribution is 6.39. The van der Waals surface area contributed by atoms with E-state index in [0.29, 0.717) is 62.8 Å². The molecule has 0 spiro atoms. The number of carboxylic acid groups (broad SMARTS) is 1. The first-order chi connectivity index (χ1) is 22.4. The molecule has 0 aliphatic carbocycles. The van der Waals surface area contributed by atoms with Gasteiger partial charge in [0.05, 0.1) is 34.5 Å². The van der Waals surface area contributed by atoms with E-state index in [1.807, 2.05) is 0 Å². The number of carbonyl (C=O) groups excluding carboxylic acids is 1. The predicted octanol–water partition coefficient (Wildman–Crippen LogP) is 5.98. The number of nitrogens with zero attached hydrogens (tertiary/aromatic N) is 2. The number of nitrogens with one attached hydrogen (secondary N) is 3. The standard InChI is InChI=1S/C33H34Cl3N5O6/c1-33(2,32(44)45)39-16-19-10-11-25(38-15-19)30(43)40-24-8-4-6-21(28(24)35)22-7-5-9-27(29(22)36)47-18-26-23(34)14-20(17-37-12-13-42)31(41-26)46-3/h4-11,14-15,37,39,42H,12-13,16-18H2,1-3H3,(H,40,43)(H,44,45). The third kappa shape index (κ3) is 9.10. The summed E-state index contributed by atoms with van der Waals surface area (Å²) in [5.74, 6) is -0.708. The van der Waals surface area contributed by atoms with Gasteiger partial charge in [-0.25, -0.2) is 4.98 Å². The number of carbonyl (C=O) groups is 2. The van der Waals surface area contributed by atoms with Crippen LogP contribution in [0.25, 0.3) is 11.1 Å². The number of pyridine rings is 2. The molecule has 4 aromatic rings. The number of aliphatic carboxylic acids is 1. The van der Waals surface area contributed by atoms with E-state index in [4.69, 9.17) is 49.4 Å². The van der Waals surface area contributed by atoms with Crippen molar-refractivity contribution >= 4 is 52.4 Å². The summed E-state index contributed by atoms with van der Waals surface area (Å²) >= 11 is 20.1. The molecule has 0 saturated carbocycles. The Kier molecular flexibility index (Phi) is 12.4. The normalized spacial score (nSPS) is 11.3. The van der Waals surface area contributed by atoms with Crippen LogP contribution in [0.2, 0.25) is 15.1 Å². The third-order valence-corrected chi connectivity index (χ3v) is 8.20. The molecule has 0 atom stereocenters. The van der Waals surface area contributed by atoms with E-state index >= 15 is 0 Å². The predicted molar refractivity (Wildman–Crippen MR) is 182 cm³/mol. The Morgan fingerprint density at radius 2 is 1.70 bits per heavy atom. The minimum absolute atomic E-state index is 0.00230. The average molecular weight is 703 g/mol. The summed E-state index contributed by atoms with van der Waals surface area (Å²) < 4.78 is 11.4. The number of amides is 1. The monoisotopic (exact) mass is 701 g/mol. The lowest BCUT2D eigenvalue weighted by molar-refractivity contribution is -0.143. The fraction of sp³-hybridized carbons (Fsp3) is 0.273. The first kappa shape index (κ1) is 35.9. The Bertz CT molecular complexity index is 1740. The van der Waals surface area contributed by atoms with Gasteiger partial charge < -0.3 is 30.3 Å². The molecule has 2 heterocycles. The van der Waals surface area contributed by atoms with Gasteiger partial charge in [0.15, 0.2) is 0 Å². The van der Waals surface area contributed by atoms with Gasteiger partial charge in [-0.2, -0.15) is 0 Å². The number of ether oxygens (including phenoxy) is 2. The summed E-state index contributed by atoms with van der Waals surface area (Å²) in [6, 6.07) is 15.4. The second-order valence-electron chi connectivity index (χ2n) is 10.8. The molecule has 1 amide bonds. The summed E-state index contributed by atoms with van der Waals surface area (Å²) in [6.45, 7) is 4.23. The van der Waals surface area contributed by atoms with E-state index in [9.17, 15) is 14.7 Å². The van der Waals surface area contributed by atoms with Gasteiger partial charge in [-0.1, -0.05) is 65.1 Å². The molecule has 0 saturated heterocycles. The van der Waals surface area contributed by atoms with Gasteiger partial charge in [-0.05, 0) is 43.7 Å². The van der Waals surface area contributed by atoms with Crippen LogP contribution in [0.15, 0.2) is 60.8 Å². The van der Waals surface area contributed by atoms with Crippen LogP contribution in [0.4, 0.5) is 5.69 Å². The molecule has 2 aromatic heterocycles. The Labute approximate surface area is 287 Å². The lowest BCUT2D eigenvalue weighted by atomic mass is 10.0. The molecule has 0 aliphatic heterocycles. The van der Waals surface area contributed by atoms with Crippen LogP contribution >= 0.6 is 34.8 Å². The molecule has 248 valence electrons. The first-order valence-electron chi connectivity index (χ1n) is 14.4. The molecule has 4 rings (SSSR count). The van der Waals surface area contributed by atoms with E-state index in [2.05, 4.69) is 25.9 Å². The number of aromatic nitrogens is 2. The number of halogens is 3. The molecular formula is C33H34Cl3N5O6. The van der Waals surface area contributed by atoms with Crippen LogP contribution in [-0.2, 0) is 24.5 Å². The number of methoxy groups -OCH3 is 1. The largest absolute Gasteiger partial charge is 0.486 e. The highest BCUT2D eigenvalue weighted by Gasteiger charge is 2.26. The molecule has 0 radical (unpaired) electrons. The van der Waals surface area contributed by atoms with Crippen LogP contribution < -0.4 is 25.4 Å². The molecule has 2 aromatic carbocycles. The number of aliphatic hydroxyl groups excluding tert-OH is 1. The van der Waals surface area contributed by atoms with Crippen molar-refractivity contribution in [3.8, 4) is 22.8 Å². The van der Waals surface area contributed by atoms with Gasteiger partial charge in [0.25, 0.3) is 5.91 Å². The van der Waals surface area contributed by atoms with E-state index < -0.39 is 17.4 Å². The summed E-state index contributed by atoms with van der Waals surface area (Å²) in [5.41, 5.74) is 2.42. The van der Waals surface area contributed by atoms with Crippen LogP contribution in [0.3, 0.4) is 0 Å². The van der Waals surface area contributed by atoms with Gasteiger partial charge in [0.2, 0.25) is 5.88 Å². The van der Waals surface area contributed by atoms with Crippen LogP contribution in [0, 0.1) is 0 Å². The van der Waals surface area contributed by atoms with E-state index in [1.54, 1.807) is 68.4 Å². The third-order valence-electron chi connectivity index (χ3n) is 7.08. The maximum Gasteiger partial charge on any atom is 0.323 e. The number of hydrogen-bond donors (Lipinski definition) is 5. The number of hydrogen-bond acceptors (Lipinski definition) is 9. The van der Waals surface area contributed by atoms with Gasteiger partial charge in [0, 0.05) is 42.5 Å². The maximum absolute atomic E-state index is 13.0. The first-order valence-corrected chi connectivity index (χ1v) is 15.6. The Hall–Kier alpha value is -3.97. The zero-order chi connectivity index (χ0) is 34.1. The number of carboxylic acids is 1. The topological polar surface area (TPSA) is 155 Å². The highest BCUT2D eigenvalue weighted by Crippen LogP contribution is 2.41. The number of aliphatic hydroxyl groups is 1. The number of rotatable bonds is 15. The Balaban J connectivity index is 1.47. The van der Waals surface area contributed by atoms with Crippen molar-refractivity contribution < 1.29 is 29.3 Å². The minimum atomic E-state index is -1.11. The SMILES string of the molecule is COc1nc(COc2cccc(-c3cccc(NC(=O)c4ccc(CNC(C)(C)C(=O)O)cn4)c3Cl)c2Cl)c(Cl)cc1CNCCO. The second kappa shape index (κ2) is 16.2.